The van der Waals surface area contributed by atoms with E-state index in [0.29, 0.717) is 48.5 Å². The maximum Gasteiger partial charge on any atom is 0.222 e. The van der Waals surface area contributed by atoms with Gasteiger partial charge >= 0.3 is 0 Å². The molecule has 13 heteroatoms. The van der Waals surface area contributed by atoms with Gasteiger partial charge in [0.25, 0.3) is 0 Å². The fourth-order valence-electron chi connectivity index (χ4n) is 6.49. The molecule has 6 N–H and O–H groups in total. The first kappa shape index (κ1) is 39.3. The van der Waals surface area contributed by atoms with E-state index in [1.165, 1.54) is 11.1 Å². The van der Waals surface area contributed by atoms with E-state index in [-0.39, 0.29) is 11.9 Å². The lowest BCUT2D eigenvalue weighted by Gasteiger charge is -2.18. The van der Waals surface area contributed by atoms with Crippen molar-refractivity contribution in [3.63, 3.8) is 0 Å². The largest absolute Gasteiger partial charge is 0.497 e. The van der Waals surface area contributed by atoms with Gasteiger partial charge in [-0.1, -0.05) is 55.5 Å². The minimum atomic E-state index is 0.179. The van der Waals surface area contributed by atoms with E-state index in [1.807, 2.05) is 55.6 Å². The third-order valence-corrected chi connectivity index (χ3v) is 9.20. The number of hydrogen-bond acceptors (Lipinski definition) is 13. The Hall–Kier alpha value is -6.44. The van der Waals surface area contributed by atoms with Crippen LogP contribution in [0.4, 0.5) is 34.9 Å². The van der Waals surface area contributed by atoms with Crippen LogP contribution in [0.2, 0.25) is 0 Å². The van der Waals surface area contributed by atoms with Crippen LogP contribution in [0, 0.1) is 0 Å². The fourth-order valence-corrected chi connectivity index (χ4v) is 6.49. The first-order valence-electron chi connectivity index (χ1n) is 18.4. The molecule has 0 unspecified atom stereocenters. The molecule has 0 bridgehead atoms. The molecule has 0 aliphatic rings. The van der Waals surface area contributed by atoms with Crippen molar-refractivity contribution < 1.29 is 14.2 Å². The lowest BCUT2D eigenvalue weighted by Crippen LogP contribution is -2.18. The second-order valence-electron chi connectivity index (χ2n) is 13.6. The number of nitrogen functional groups attached to an aromatic ring is 2. The molecule has 6 rings (SSSR count). The minimum Gasteiger partial charge on any atom is -0.497 e. The first-order chi connectivity index (χ1) is 27.1. The van der Waals surface area contributed by atoms with Gasteiger partial charge in [-0.25, -0.2) is 9.97 Å². The predicted molar refractivity (Wildman–Crippen MR) is 224 cm³/mol. The Kier molecular flexibility index (Phi) is 12.8. The van der Waals surface area contributed by atoms with Crippen LogP contribution in [0.15, 0.2) is 97.1 Å². The van der Waals surface area contributed by atoms with Crippen LogP contribution in [0.3, 0.4) is 0 Å². The van der Waals surface area contributed by atoms with Gasteiger partial charge in [0.05, 0.1) is 38.4 Å². The number of nitrogens with one attached hydrogen (secondary N) is 2. The summed E-state index contributed by atoms with van der Waals surface area (Å²) in [6.45, 7) is 4.84. The lowest BCUT2D eigenvalue weighted by atomic mass is 10.0. The standard InChI is InChI=1S/C43H50N10O3/c1-7-28-8-10-29(11-9-28)24-52(2)26-33-21-40(50-42(44)47-33)46-32-16-18-36(39(20-32)56-6)31-14-12-30(13-15-31)25-53(3)27-34-22-41(51-43(45)48-34)49-37-23-35(54-4)17-19-38(37)55-5/h8-23H,7,24-27H2,1-6H3,(H3,44,46,47,50)(H3,45,48,49,51). The van der Waals surface area contributed by atoms with Crippen LogP contribution in [0.5, 0.6) is 17.2 Å². The summed E-state index contributed by atoms with van der Waals surface area (Å²) < 4.78 is 16.7. The average molecular weight is 755 g/mol. The number of nitrogens with zero attached hydrogens (tertiary/aromatic N) is 6. The normalized spacial score (nSPS) is 11.1. The van der Waals surface area contributed by atoms with Crippen LogP contribution < -0.4 is 36.3 Å². The van der Waals surface area contributed by atoms with Gasteiger partial charge in [0.1, 0.15) is 28.9 Å². The van der Waals surface area contributed by atoms with Gasteiger partial charge < -0.3 is 36.3 Å². The number of nitrogens with two attached hydrogens (primary N) is 2. The summed E-state index contributed by atoms with van der Waals surface area (Å²) in [7, 11) is 9.01. The molecule has 0 aliphatic carbocycles. The first-order valence-corrected chi connectivity index (χ1v) is 18.4. The highest BCUT2D eigenvalue weighted by atomic mass is 16.5. The number of rotatable bonds is 17. The smallest absolute Gasteiger partial charge is 0.222 e. The van der Waals surface area contributed by atoms with E-state index in [1.54, 1.807) is 21.3 Å². The van der Waals surface area contributed by atoms with E-state index in [0.717, 1.165) is 52.5 Å². The molecule has 56 heavy (non-hydrogen) atoms. The summed E-state index contributed by atoms with van der Waals surface area (Å²) in [6.07, 6.45) is 1.03. The van der Waals surface area contributed by atoms with E-state index in [2.05, 4.69) is 103 Å². The molecular weight excluding hydrogens is 705 g/mol. The molecule has 0 aliphatic heterocycles. The third kappa shape index (κ3) is 10.4. The van der Waals surface area contributed by atoms with Crippen molar-refractivity contribution >= 4 is 34.9 Å². The molecule has 0 saturated heterocycles. The van der Waals surface area contributed by atoms with E-state index in [4.69, 9.17) is 25.7 Å². The van der Waals surface area contributed by atoms with Gasteiger partial charge in [-0.15, -0.1) is 0 Å². The van der Waals surface area contributed by atoms with Gasteiger partial charge in [0.15, 0.2) is 0 Å². The van der Waals surface area contributed by atoms with Crippen molar-refractivity contribution in [1.82, 2.24) is 29.7 Å². The molecule has 0 spiro atoms. The maximum atomic E-state index is 6.14. The lowest BCUT2D eigenvalue weighted by molar-refractivity contribution is 0.315. The molecule has 0 atom stereocenters. The maximum absolute atomic E-state index is 6.14. The van der Waals surface area contributed by atoms with Gasteiger partial charge in [-0.05, 0) is 67.0 Å². The van der Waals surface area contributed by atoms with Crippen LogP contribution in [0.1, 0.15) is 35.0 Å². The molecule has 6 aromatic rings. The number of ether oxygens (including phenoxy) is 3. The SMILES string of the molecule is CCc1ccc(CN(C)Cc2cc(Nc3ccc(-c4ccc(CN(C)Cc5cc(Nc6cc(OC)ccc6OC)nc(N)n5)cc4)c(OC)c3)nc(N)n2)cc1. The monoisotopic (exact) mass is 754 g/mol. The molecule has 290 valence electrons. The number of methoxy groups -OCH3 is 3. The molecule has 2 aromatic heterocycles. The molecule has 0 fully saturated rings. The second kappa shape index (κ2) is 18.3. The van der Waals surface area contributed by atoms with Crippen LogP contribution in [-0.2, 0) is 32.6 Å². The van der Waals surface area contributed by atoms with E-state index >= 15 is 0 Å². The Bertz CT molecular complexity index is 2230. The zero-order chi connectivity index (χ0) is 39.6. The molecule has 0 amide bonds. The Labute approximate surface area is 328 Å². The molecule has 0 radical (unpaired) electrons. The number of aryl methyl sites for hydroxylation is 1. The minimum absolute atomic E-state index is 0.179. The average Bonchev–Trinajstić information content (AvgIpc) is 3.18. The number of aromatic nitrogens is 4. The summed E-state index contributed by atoms with van der Waals surface area (Å²) in [4.78, 5) is 22.1. The van der Waals surface area contributed by atoms with Crippen LogP contribution >= 0.6 is 0 Å². The summed E-state index contributed by atoms with van der Waals surface area (Å²) in [5, 5.41) is 6.67. The Balaban J connectivity index is 1.07. The van der Waals surface area contributed by atoms with Crippen molar-refractivity contribution in [3.05, 3.63) is 125 Å². The highest BCUT2D eigenvalue weighted by Gasteiger charge is 2.13. The Morgan fingerprint density at radius 1 is 0.554 bits per heavy atom. The molecular formula is C43H50N10O3. The van der Waals surface area contributed by atoms with Crippen molar-refractivity contribution in [2.75, 3.05) is 57.5 Å². The Morgan fingerprint density at radius 2 is 1.11 bits per heavy atom. The predicted octanol–water partition coefficient (Wildman–Crippen LogP) is 7.44. The van der Waals surface area contributed by atoms with E-state index < -0.39 is 0 Å². The van der Waals surface area contributed by atoms with Crippen molar-refractivity contribution in [1.29, 1.82) is 0 Å². The van der Waals surface area contributed by atoms with Gasteiger partial charge in [0, 0.05) is 61.7 Å². The summed E-state index contributed by atoms with van der Waals surface area (Å²) in [5.74, 6) is 3.65. The molecule has 4 aromatic carbocycles. The summed E-state index contributed by atoms with van der Waals surface area (Å²) in [5.41, 5.74) is 21.1. The molecule has 0 saturated carbocycles. The number of anilines is 6. The van der Waals surface area contributed by atoms with E-state index in [9.17, 15) is 0 Å². The molecule has 2 heterocycles. The highest BCUT2D eigenvalue weighted by Crippen LogP contribution is 2.34. The zero-order valence-electron chi connectivity index (χ0n) is 32.8. The van der Waals surface area contributed by atoms with Crippen LogP contribution in [0.25, 0.3) is 11.1 Å². The Morgan fingerprint density at radius 3 is 1.66 bits per heavy atom. The number of benzene rings is 4. The quantitative estimate of drug-likeness (QED) is 0.0728. The van der Waals surface area contributed by atoms with Gasteiger partial charge in [0.2, 0.25) is 11.9 Å². The van der Waals surface area contributed by atoms with Crippen LogP contribution in [-0.4, -0.2) is 65.2 Å². The van der Waals surface area contributed by atoms with Gasteiger partial charge in [-0.3, -0.25) is 9.80 Å². The number of hydrogen-bond donors (Lipinski definition) is 4. The van der Waals surface area contributed by atoms with Crippen molar-refractivity contribution in [2.24, 2.45) is 0 Å². The topological polar surface area (TPSA) is 162 Å². The van der Waals surface area contributed by atoms with Crippen molar-refractivity contribution in [2.45, 2.75) is 39.5 Å². The summed E-state index contributed by atoms with van der Waals surface area (Å²) >= 11 is 0. The fraction of sp³-hybridized carbons (Fsp3) is 0.256. The van der Waals surface area contributed by atoms with Gasteiger partial charge in [-0.2, -0.15) is 9.97 Å². The molecule has 13 nitrogen and oxygen atoms in total. The highest BCUT2D eigenvalue weighted by molar-refractivity contribution is 5.75. The zero-order valence-corrected chi connectivity index (χ0v) is 32.8. The third-order valence-electron chi connectivity index (χ3n) is 9.20. The summed E-state index contributed by atoms with van der Waals surface area (Å²) in [6, 6.07) is 32.5. The van der Waals surface area contributed by atoms with Crippen molar-refractivity contribution in [3.8, 4) is 28.4 Å². The second-order valence-corrected chi connectivity index (χ2v) is 13.6.